The molecule has 1 heterocycles. The largest absolute Gasteiger partial charge is 0.327 e. The van der Waals surface area contributed by atoms with Crippen molar-refractivity contribution in [2.45, 2.75) is 0 Å². The van der Waals surface area contributed by atoms with Crippen molar-refractivity contribution in [1.29, 1.82) is 0 Å². The first-order valence-electron chi connectivity index (χ1n) is 4.64. The zero-order valence-electron chi connectivity index (χ0n) is 8.56. The summed E-state index contributed by atoms with van der Waals surface area (Å²) in [6, 6.07) is 8.05. The van der Waals surface area contributed by atoms with Gasteiger partial charge in [0.05, 0.1) is 5.69 Å². The van der Waals surface area contributed by atoms with Crippen molar-refractivity contribution >= 4 is 23.1 Å². The van der Waals surface area contributed by atoms with Crippen LogP contribution in [0.1, 0.15) is 0 Å². The van der Waals surface area contributed by atoms with Gasteiger partial charge in [-0.3, -0.25) is 0 Å². The molecule has 5 heteroatoms. The van der Waals surface area contributed by atoms with Crippen LogP contribution in [0.5, 0.6) is 0 Å². The highest BCUT2D eigenvalue weighted by atomic mass is 35.5. The maximum absolute atomic E-state index is 13.5. The monoisotopic (exact) mass is 237 g/mol. The van der Waals surface area contributed by atoms with Crippen LogP contribution in [-0.2, 0) is 0 Å². The van der Waals surface area contributed by atoms with Gasteiger partial charge in [-0.1, -0.05) is 23.7 Å². The van der Waals surface area contributed by atoms with Gasteiger partial charge in [-0.05, 0) is 12.1 Å². The lowest BCUT2D eigenvalue weighted by atomic mass is 10.3. The molecule has 0 aliphatic rings. The third-order valence-electron chi connectivity index (χ3n) is 2.18. The van der Waals surface area contributed by atoms with Crippen molar-refractivity contribution in [2.24, 2.45) is 0 Å². The first kappa shape index (κ1) is 10.8. The Morgan fingerprint density at radius 3 is 2.69 bits per heavy atom. The van der Waals surface area contributed by atoms with Gasteiger partial charge in [-0.2, -0.15) is 0 Å². The maximum Gasteiger partial charge on any atom is 0.146 e. The Balaban J connectivity index is 2.39. The smallest absolute Gasteiger partial charge is 0.146 e. The Hall–Kier alpha value is -1.68. The standard InChI is InChI=1S/C11H9ClFN3/c1-16(9-5-3-2-4-8(9)13)11-6-10(12)14-7-15-11/h2-7H,1H3. The van der Waals surface area contributed by atoms with E-state index in [0.717, 1.165) is 0 Å². The lowest BCUT2D eigenvalue weighted by molar-refractivity contribution is 0.627. The molecule has 0 bridgehead atoms. The number of hydrogen-bond donors (Lipinski definition) is 0. The summed E-state index contributed by atoms with van der Waals surface area (Å²) in [5.74, 6) is 0.241. The minimum Gasteiger partial charge on any atom is -0.327 e. The fraction of sp³-hybridized carbons (Fsp3) is 0.0909. The summed E-state index contributed by atoms with van der Waals surface area (Å²) in [4.78, 5) is 9.41. The molecule has 0 N–H and O–H groups in total. The molecule has 2 aromatic rings. The summed E-state index contributed by atoms with van der Waals surface area (Å²) in [6.07, 6.45) is 1.34. The number of halogens is 2. The highest BCUT2D eigenvalue weighted by Gasteiger charge is 2.09. The normalized spacial score (nSPS) is 10.2. The van der Waals surface area contributed by atoms with Gasteiger partial charge in [-0.15, -0.1) is 0 Å². The maximum atomic E-state index is 13.5. The molecular weight excluding hydrogens is 229 g/mol. The van der Waals surface area contributed by atoms with Crippen LogP contribution in [0.25, 0.3) is 0 Å². The van der Waals surface area contributed by atoms with E-state index in [2.05, 4.69) is 9.97 Å². The zero-order valence-corrected chi connectivity index (χ0v) is 9.32. The van der Waals surface area contributed by atoms with Crippen LogP contribution < -0.4 is 4.90 Å². The molecule has 0 radical (unpaired) electrons. The number of para-hydroxylation sites is 1. The Labute approximate surface area is 97.5 Å². The molecule has 3 nitrogen and oxygen atoms in total. The van der Waals surface area contributed by atoms with Crippen LogP contribution in [0.4, 0.5) is 15.9 Å². The van der Waals surface area contributed by atoms with E-state index in [4.69, 9.17) is 11.6 Å². The van der Waals surface area contributed by atoms with Crippen LogP contribution in [0, 0.1) is 5.82 Å². The lowest BCUT2D eigenvalue weighted by Crippen LogP contribution is -2.12. The SMILES string of the molecule is CN(c1cc(Cl)ncn1)c1ccccc1F. The molecule has 0 saturated heterocycles. The van der Waals surface area contributed by atoms with Gasteiger partial charge < -0.3 is 4.90 Å². The lowest BCUT2D eigenvalue weighted by Gasteiger charge is -2.18. The number of rotatable bonds is 2. The van der Waals surface area contributed by atoms with Crippen molar-refractivity contribution in [2.75, 3.05) is 11.9 Å². The average Bonchev–Trinajstić information content (AvgIpc) is 2.29. The molecule has 0 aliphatic heterocycles. The molecule has 0 aliphatic carbocycles. The zero-order chi connectivity index (χ0) is 11.5. The fourth-order valence-corrected chi connectivity index (χ4v) is 1.50. The molecule has 16 heavy (non-hydrogen) atoms. The van der Waals surface area contributed by atoms with Gasteiger partial charge in [0.1, 0.15) is 23.1 Å². The second-order valence-corrected chi connectivity index (χ2v) is 3.60. The van der Waals surface area contributed by atoms with Crippen molar-refractivity contribution in [3.05, 3.63) is 47.6 Å². The third kappa shape index (κ3) is 2.12. The van der Waals surface area contributed by atoms with E-state index in [1.807, 2.05) is 0 Å². The van der Waals surface area contributed by atoms with Crippen molar-refractivity contribution in [3.8, 4) is 0 Å². The molecule has 0 spiro atoms. The van der Waals surface area contributed by atoms with E-state index in [1.165, 1.54) is 12.4 Å². The summed E-state index contributed by atoms with van der Waals surface area (Å²) in [5.41, 5.74) is 0.442. The molecule has 1 aromatic carbocycles. The second-order valence-electron chi connectivity index (χ2n) is 3.21. The number of aromatic nitrogens is 2. The van der Waals surface area contributed by atoms with Crippen LogP contribution in [-0.4, -0.2) is 17.0 Å². The van der Waals surface area contributed by atoms with Gasteiger partial charge in [-0.25, -0.2) is 14.4 Å². The van der Waals surface area contributed by atoms with Gasteiger partial charge in [0.2, 0.25) is 0 Å². The average molecular weight is 238 g/mol. The molecule has 0 saturated carbocycles. The number of anilines is 2. The Kier molecular flexibility index (Phi) is 3.01. The van der Waals surface area contributed by atoms with Crippen LogP contribution >= 0.6 is 11.6 Å². The Morgan fingerprint density at radius 1 is 1.25 bits per heavy atom. The van der Waals surface area contributed by atoms with Crippen molar-refractivity contribution in [1.82, 2.24) is 9.97 Å². The van der Waals surface area contributed by atoms with E-state index in [1.54, 1.807) is 36.2 Å². The number of benzene rings is 1. The first-order valence-corrected chi connectivity index (χ1v) is 5.02. The molecule has 0 amide bonds. The summed E-state index contributed by atoms with van der Waals surface area (Å²) >= 11 is 5.74. The minimum absolute atomic E-state index is 0.306. The molecule has 0 unspecified atom stereocenters. The topological polar surface area (TPSA) is 29.0 Å². The third-order valence-corrected chi connectivity index (χ3v) is 2.38. The minimum atomic E-state index is -0.306. The van der Waals surface area contributed by atoms with Crippen LogP contribution in [0.3, 0.4) is 0 Å². The fourth-order valence-electron chi connectivity index (χ4n) is 1.35. The van der Waals surface area contributed by atoms with E-state index in [0.29, 0.717) is 16.7 Å². The van der Waals surface area contributed by atoms with E-state index in [9.17, 15) is 4.39 Å². The number of hydrogen-bond acceptors (Lipinski definition) is 3. The quantitative estimate of drug-likeness (QED) is 0.752. The highest BCUT2D eigenvalue weighted by Crippen LogP contribution is 2.24. The summed E-state index contributed by atoms with van der Waals surface area (Å²) in [7, 11) is 1.72. The Bertz CT molecular complexity index is 504. The van der Waals surface area contributed by atoms with Gasteiger partial charge >= 0.3 is 0 Å². The molecule has 1 aromatic heterocycles. The van der Waals surface area contributed by atoms with Crippen molar-refractivity contribution in [3.63, 3.8) is 0 Å². The Morgan fingerprint density at radius 2 is 2.00 bits per heavy atom. The summed E-state index contributed by atoms with van der Waals surface area (Å²) in [5, 5.41) is 0.327. The second kappa shape index (κ2) is 4.45. The molecule has 2 rings (SSSR count). The molecule has 0 atom stereocenters. The number of nitrogens with zero attached hydrogens (tertiary/aromatic N) is 3. The summed E-state index contributed by atoms with van der Waals surface area (Å²) in [6.45, 7) is 0. The van der Waals surface area contributed by atoms with E-state index < -0.39 is 0 Å². The molecular formula is C11H9ClFN3. The predicted molar refractivity (Wildman–Crippen MR) is 61.5 cm³/mol. The van der Waals surface area contributed by atoms with Crippen molar-refractivity contribution < 1.29 is 4.39 Å². The predicted octanol–water partition coefficient (Wildman–Crippen LogP) is 3.04. The molecule has 82 valence electrons. The van der Waals surface area contributed by atoms with Gasteiger partial charge in [0.25, 0.3) is 0 Å². The van der Waals surface area contributed by atoms with Crippen LogP contribution in [0.2, 0.25) is 5.15 Å². The van der Waals surface area contributed by atoms with E-state index >= 15 is 0 Å². The molecule has 0 fully saturated rings. The highest BCUT2D eigenvalue weighted by molar-refractivity contribution is 6.29. The van der Waals surface area contributed by atoms with Gasteiger partial charge in [0, 0.05) is 13.1 Å². The summed E-state index contributed by atoms with van der Waals surface area (Å²) < 4.78 is 13.5. The first-order chi connectivity index (χ1) is 7.68. The van der Waals surface area contributed by atoms with E-state index in [-0.39, 0.29) is 5.82 Å². The van der Waals surface area contributed by atoms with Gasteiger partial charge in [0.15, 0.2) is 0 Å². The van der Waals surface area contributed by atoms with Crippen LogP contribution in [0.15, 0.2) is 36.7 Å².